The van der Waals surface area contributed by atoms with Gasteiger partial charge in [-0.3, -0.25) is 4.79 Å². The van der Waals surface area contributed by atoms with Gasteiger partial charge >= 0.3 is 0 Å². The molecule has 0 saturated carbocycles. The van der Waals surface area contributed by atoms with Crippen LogP contribution in [0.3, 0.4) is 0 Å². The number of nitrogens with zero attached hydrogens (tertiary/aromatic N) is 2. The highest BCUT2D eigenvalue weighted by Crippen LogP contribution is 2.40. The quantitative estimate of drug-likeness (QED) is 0.680. The van der Waals surface area contributed by atoms with Crippen LogP contribution in [0.4, 0.5) is 4.39 Å². The Labute approximate surface area is 153 Å². The highest BCUT2D eigenvalue weighted by molar-refractivity contribution is 9.10. The minimum Gasteiger partial charge on any atom is -0.340 e. The van der Waals surface area contributed by atoms with Crippen LogP contribution in [-0.2, 0) is 14.8 Å². The standard InChI is InChI=1S/C15H17BrClFN2O3S/c16-12-3-2-11(6-13(12)18)24(22,23)20-5-1-4-15(10-20)8-19(9-15)14(21)7-17/h2-3,6H,1,4-5,7-10H2. The average Bonchev–Trinajstić information content (AvgIpc) is 2.54. The first-order chi connectivity index (χ1) is 11.3. The predicted molar refractivity (Wildman–Crippen MR) is 91.8 cm³/mol. The largest absolute Gasteiger partial charge is 0.340 e. The molecule has 2 saturated heterocycles. The first-order valence-corrected chi connectivity index (χ1v) is 10.3. The fourth-order valence-corrected chi connectivity index (χ4v) is 5.46. The second-order valence-corrected chi connectivity index (χ2v) is 9.46. The van der Waals surface area contributed by atoms with Gasteiger partial charge < -0.3 is 4.90 Å². The van der Waals surface area contributed by atoms with Crippen LogP contribution < -0.4 is 0 Å². The first kappa shape index (κ1) is 18.1. The van der Waals surface area contributed by atoms with E-state index in [2.05, 4.69) is 15.9 Å². The number of hydrogen-bond donors (Lipinski definition) is 0. The number of rotatable bonds is 3. The molecule has 3 rings (SSSR count). The van der Waals surface area contributed by atoms with Crippen molar-refractivity contribution in [2.24, 2.45) is 5.41 Å². The number of alkyl halides is 1. The number of halogens is 3. The summed E-state index contributed by atoms with van der Waals surface area (Å²) in [7, 11) is -3.75. The molecule has 0 aliphatic carbocycles. The average molecular weight is 440 g/mol. The van der Waals surface area contributed by atoms with Gasteiger partial charge in [0.25, 0.3) is 0 Å². The number of hydrogen-bond acceptors (Lipinski definition) is 3. The van der Waals surface area contributed by atoms with E-state index in [9.17, 15) is 17.6 Å². The van der Waals surface area contributed by atoms with Gasteiger partial charge in [-0.1, -0.05) is 0 Å². The van der Waals surface area contributed by atoms with E-state index in [1.807, 2.05) is 0 Å². The number of benzene rings is 1. The molecule has 0 radical (unpaired) electrons. The van der Waals surface area contributed by atoms with E-state index >= 15 is 0 Å². The fraction of sp³-hybridized carbons (Fsp3) is 0.533. The monoisotopic (exact) mass is 438 g/mol. The smallest absolute Gasteiger partial charge is 0.243 e. The van der Waals surface area contributed by atoms with Crippen LogP contribution in [0.25, 0.3) is 0 Å². The summed E-state index contributed by atoms with van der Waals surface area (Å²) in [5, 5.41) is 0. The van der Waals surface area contributed by atoms with Gasteiger partial charge in [-0.25, -0.2) is 12.8 Å². The molecule has 0 unspecified atom stereocenters. The van der Waals surface area contributed by atoms with Gasteiger partial charge in [-0.15, -0.1) is 11.6 Å². The zero-order valence-electron chi connectivity index (χ0n) is 12.8. The predicted octanol–water partition coefficient (Wildman–Crippen LogP) is 2.44. The molecular weight excluding hydrogens is 423 g/mol. The third kappa shape index (κ3) is 3.21. The summed E-state index contributed by atoms with van der Waals surface area (Å²) in [6.07, 6.45) is 1.60. The Kier molecular flexibility index (Phi) is 4.94. The maximum atomic E-state index is 13.7. The lowest BCUT2D eigenvalue weighted by Gasteiger charge is -2.54. The molecule has 2 heterocycles. The Morgan fingerprint density at radius 2 is 2.04 bits per heavy atom. The van der Waals surface area contributed by atoms with E-state index in [0.717, 1.165) is 18.9 Å². The van der Waals surface area contributed by atoms with Crippen LogP contribution in [0.1, 0.15) is 12.8 Å². The first-order valence-electron chi connectivity index (χ1n) is 7.56. The summed E-state index contributed by atoms with van der Waals surface area (Å²) in [5.74, 6) is -0.793. The Hall–Kier alpha value is -0.700. The van der Waals surface area contributed by atoms with Gasteiger partial charge in [0, 0.05) is 31.6 Å². The van der Waals surface area contributed by atoms with Crippen LogP contribution in [-0.4, -0.2) is 55.6 Å². The lowest BCUT2D eigenvalue weighted by atomic mass is 9.74. The minimum absolute atomic E-state index is 0.0479. The lowest BCUT2D eigenvalue weighted by molar-refractivity contribution is -0.143. The molecule has 5 nitrogen and oxygen atoms in total. The third-order valence-electron chi connectivity index (χ3n) is 4.67. The Morgan fingerprint density at radius 3 is 2.67 bits per heavy atom. The van der Waals surface area contributed by atoms with E-state index in [-0.39, 0.29) is 26.6 Å². The topological polar surface area (TPSA) is 57.7 Å². The SMILES string of the molecule is O=C(CCl)N1CC2(CCCN(S(=O)(=O)c3ccc(Br)c(F)c3)C2)C1. The summed E-state index contributed by atoms with van der Waals surface area (Å²) in [5.41, 5.74) is -0.207. The van der Waals surface area contributed by atoms with E-state index in [4.69, 9.17) is 11.6 Å². The second kappa shape index (κ2) is 6.55. The van der Waals surface area contributed by atoms with Crippen molar-refractivity contribution in [1.82, 2.24) is 9.21 Å². The molecule has 0 aromatic heterocycles. The summed E-state index contributed by atoms with van der Waals surface area (Å²) in [6.45, 7) is 1.81. The van der Waals surface area contributed by atoms with Crippen molar-refractivity contribution < 1.29 is 17.6 Å². The third-order valence-corrected chi connectivity index (χ3v) is 7.39. The molecule has 2 fully saturated rings. The molecule has 2 aliphatic heterocycles. The maximum Gasteiger partial charge on any atom is 0.243 e. The van der Waals surface area contributed by atoms with Gasteiger partial charge in [0.15, 0.2) is 0 Å². The van der Waals surface area contributed by atoms with Crippen molar-refractivity contribution in [2.75, 3.05) is 32.1 Å². The number of carbonyl (C=O) groups excluding carboxylic acids is 1. The zero-order chi connectivity index (χ0) is 17.5. The molecule has 0 atom stereocenters. The molecule has 1 amide bonds. The van der Waals surface area contributed by atoms with Crippen LogP contribution in [0.2, 0.25) is 0 Å². The van der Waals surface area contributed by atoms with E-state index in [0.29, 0.717) is 26.2 Å². The Bertz CT molecular complexity index is 768. The maximum absolute atomic E-state index is 13.7. The molecule has 0 N–H and O–H groups in total. The summed E-state index contributed by atoms with van der Waals surface area (Å²) in [6, 6.07) is 3.82. The fourth-order valence-electron chi connectivity index (χ4n) is 3.44. The van der Waals surface area contributed by atoms with E-state index in [1.54, 1.807) is 4.90 Å². The molecule has 1 spiro atoms. The van der Waals surface area contributed by atoms with Crippen molar-refractivity contribution in [1.29, 1.82) is 0 Å². The van der Waals surface area contributed by atoms with Crippen molar-refractivity contribution in [3.05, 3.63) is 28.5 Å². The van der Waals surface area contributed by atoms with Gasteiger partial charge in [0.1, 0.15) is 11.7 Å². The van der Waals surface area contributed by atoms with Crippen LogP contribution >= 0.6 is 27.5 Å². The number of carbonyl (C=O) groups is 1. The molecule has 1 aromatic rings. The van der Waals surface area contributed by atoms with Gasteiger partial charge in [0.2, 0.25) is 15.9 Å². The summed E-state index contributed by atoms with van der Waals surface area (Å²) in [4.78, 5) is 13.2. The number of piperidine rings is 1. The zero-order valence-corrected chi connectivity index (χ0v) is 16.0. The highest BCUT2D eigenvalue weighted by atomic mass is 79.9. The van der Waals surface area contributed by atoms with Crippen LogP contribution in [0.15, 0.2) is 27.6 Å². The molecule has 24 heavy (non-hydrogen) atoms. The van der Waals surface area contributed by atoms with Crippen LogP contribution in [0, 0.1) is 11.2 Å². The lowest BCUT2D eigenvalue weighted by Crippen LogP contribution is -2.64. The van der Waals surface area contributed by atoms with E-state index < -0.39 is 15.8 Å². The highest BCUT2D eigenvalue weighted by Gasteiger charge is 2.49. The minimum atomic E-state index is -3.75. The molecular formula is C15H17BrClFN2O3S. The summed E-state index contributed by atoms with van der Waals surface area (Å²) >= 11 is 8.58. The van der Waals surface area contributed by atoms with Gasteiger partial charge in [0.05, 0.1) is 9.37 Å². The van der Waals surface area contributed by atoms with Crippen LogP contribution in [0.5, 0.6) is 0 Å². The van der Waals surface area contributed by atoms with Gasteiger partial charge in [-0.05, 0) is 47.0 Å². The van der Waals surface area contributed by atoms with Crippen molar-refractivity contribution in [3.8, 4) is 0 Å². The second-order valence-electron chi connectivity index (χ2n) is 6.40. The number of amides is 1. The van der Waals surface area contributed by atoms with Crippen molar-refractivity contribution >= 4 is 43.5 Å². The normalized spacial score (nSPS) is 20.9. The summed E-state index contributed by atoms with van der Waals surface area (Å²) < 4.78 is 40.9. The Morgan fingerprint density at radius 1 is 1.33 bits per heavy atom. The molecule has 9 heteroatoms. The Balaban J connectivity index is 1.77. The molecule has 0 bridgehead atoms. The molecule has 2 aliphatic rings. The van der Waals surface area contributed by atoms with Gasteiger partial charge in [-0.2, -0.15) is 4.31 Å². The van der Waals surface area contributed by atoms with E-state index in [1.165, 1.54) is 16.4 Å². The van der Waals surface area contributed by atoms with Crippen molar-refractivity contribution in [2.45, 2.75) is 17.7 Å². The molecule has 1 aromatic carbocycles. The van der Waals surface area contributed by atoms with Crippen molar-refractivity contribution in [3.63, 3.8) is 0 Å². The number of sulfonamides is 1. The number of likely N-dealkylation sites (tertiary alicyclic amines) is 1. The molecule has 132 valence electrons.